The van der Waals surface area contributed by atoms with E-state index in [1.54, 1.807) is 12.1 Å². The van der Waals surface area contributed by atoms with Crippen molar-refractivity contribution in [2.45, 2.75) is 32.6 Å². The minimum atomic E-state index is -0.274. The van der Waals surface area contributed by atoms with E-state index in [4.69, 9.17) is 9.15 Å². The Hall–Kier alpha value is -3.75. The summed E-state index contributed by atoms with van der Waals surface area (Å²) in [6.07, 6.45) is 3.17. The Morgan fingerprint density at radius 3 is 2.45 bits per heavy atom. The van der Waals surface area contributed by atoms with Crippen molar-refractivity contribution in [1.82, 2.24) is 15.6 Å². The van der Waals surface area contributed by atoms with Gasteiger partial charge >= 0.3 is 0 Å². The summed E-state index contributed by atoms with van der Waals surface area (Å²) >= 11 is 0. The first kappa shape index (κ1) is 25.9. The number of rotatable bonds is 8. The first-order chi connectivity index (χ1) is 18.6. The average molecular weight is 515 g/mol. The van der Waals surface area contributed by atoms with Crippen molar-refractivity contribution in [3.05, 3.63) is 82.8 Å². The van der Waals surface area contributed by atoms with Gasteiger partial charge < -0.3 is 14.5 Å². The lowest BCUT2D eigenvalue weighted by Crippen LogP contribution is -2.38. The zero-order valence-corrected chi connectivity index (χ0v) is 21.8. The molecule has 198 valence electrons. The van der Waals surface area contributed by atoms with E-state index in [-0.39, 0.29) is 11.8 Å². The normalized spacial score (nSPS) is 16.7. The second-order valence-electron chi connectivity index (χ2n) is 9.71. The van der Waals surface area contributed by atoms with Crippen LogP contribution in [0.1, 0.15) is 57.1 Å². The summed E-state index contributed by atoms with van der Waals surface area (Å²) in [5.74, 6) is 0.607. The van der Waals surface area contributed by atoms with E-state index >= 15 is 0 Å². The molecular formula is C30H34N4O4. The Morgan fingerprint density at radius 2 is 1.68 bits per heavy atom. The lowest BCUT2D eigenvalue weighted by Gasteiger charge is -2.26. The van der Waals surface area contributed by atoms with Crippen molar-refractivity contribution >= 4 is 17.5 Å². The highest BCUT2D eigenvalue weighted by Gasteiger charge is 2.28. The van der Waals surface area contributed by atoms with Crippen molar-refractivity contribution in [3.63, 3.8) is 0 Å². The summed E-state index contributed by atoms with van der Waals surface area (Å²) in [4.78, 5) is 28.0. The number of benzene rings is 2. The van der Waals surface area contributed by atoms with Crippen molar-refractivity contribution in [1.29, 1.82) is 0 Å². The van der Waals surface area contributed by atoms with Gasteiger partial charge in [-0.1, -0.05) is 42.5 Å². The predicted molar refractivity (Wildman–Crippen MR) is 146 cm³/mol. The summed E-state index contributed by atoms with van der Waals surface area (Å²) in [6, 6.07) is 17.5. The zero-order valence-electron chi connectivity index (χ0n) is 21.8. The molecule has 1 saturated heterocycles. The van der Waals surface area contributed by atoms with Crippen LogP contribution in [-0.4, -0.2) is 61.8 Å². The highest BCUT2D eigenvalue weighted by molar-refractivity contribution is 6.07. The topological polar surface area (TPSA) is 96.2 Å². The van der Waals surface area contributed by atoms with E-state index < -0.39 is 0 Å². The number of aryl methyl sites for hydroxylation is 1. The number of ether oxygens (including phenoxy) is 1. The van der Waals surface area contributed by atoms with Crippen LogP contribution in [0.5, 0.6) is 0 Å². The molecule has 1 aliphatic carbocycles. The molecule has 2 N–H and O–H groups in total. The summed E-state index contributed by atoms with van der Waals surface area (Å²) in [7, 11) is 0. The summed E-state index contributed by atoms with van der Waals surface area (Å²) in [6.45, 7) is 6.83. The number of fused-ring (bicyclic) bond motifs is 1. The fraction of sp³-hybridized carbons (Fsp3) is 0.367. The van der Waals surface area contributed by atoms with E-state index in [9.17, 15) is 9.59 Å². The monoisotopic (exact) mass is 514 g/mol. The maximum atomic E-state index is 12.9. The first-order valence-corrected chi connectivity index (χ1v) is 13.3. The quantitative estimate of drug-likeness (QED) is 0.347. The number of carbonyl (C=O) groups is 2. The molecule has 8 nitrogen and oxygen atoms in total. The van der Waals surface area contributed by atoms with Crippen LogP contribution >= 0.6 is 0 Å². The SMILES string of the molecule is Cc1c(C(=O)NCCCN2CCOCC2)oc2c1/C(=N/NC(=O)c1ccc(-c3ccccc3)cc1)CCC2. The van der Waals surface area contributed by atoms with Crippen molar-refractivity contribution in [2.24, 2.45) is 5.10 Å². The Kier molecular flexibility index (Phi) is 8.31. The molecule has 1 aliphatic heterocycles. The van der Waals surface area contributed by atoms with Crippen molar-refractivity contribution in [2.75, 3.05) is 39.4 Å². The van der Waals surface area contributed by atoms with E-state index in [0.29, 0.717) is 24.3 Å². The van der Waals surface area contributed by atoms with Crippen LogP contribution in [0.2, 0.25) is 0 Å². The van der Waals surface area contributed by atoms with Gasteiger partial charge in [0.2, 0.25) is 0 Å². The van der Waals surface area contributed by atoms with Gasteiger partial charge in [-0.2, -0.15) is 5.10 Å². The van der Waals surface area contributed by atoms with Crippen LogP contribution in [0, 0.1) is 6.92 Å². The van der Waals surface area contributed by atoms with Crippen molar-refractivity contribution in [3.8, 4) is 11.1 Å². The third-order valence-corrected chi connectivity index (χ3v) is 7.12. The van der Waals surface area contributed by atoms with Gasteiger partial charge in [0, 0.05) is 42.7 Å². The maximum Gasteiger partial charge on any atom is 0.287 e. The first-order valence-electron chi connectivity index (χ1n) is 13.3. The highest BCUT2D eigenvalue weighted by atomic mass is 16.5. The second-order valence-corrected chi connectivity index (χ2v) is 9.71. The molecule has 2 aliphatic rings. The fourth-order valence-corrected chi connectivity index (χ4v) is 5.03. The van der Waals surface area contributed by atoms with E-state index in [0.717, 1.165) is 85.8 Å². The zero-order chi connectivity index (χ0) is 26.3. The standard InChI is InChI=1S/C30H34N4O4/c1-21-27-25(32-33-29(35)24-13-11-23(12-14-24)22-7-3-2-4-8-22)9-5-10-26(27)38-28(21)30(36)31-15-6-16-34-17-19-37-20-18-34/h2-4,7-8,11-14H,5-6,9-10,15-20H2,1H3,(H,31,36)(H,33,35)/b32-25+. The van der Waals surface area contributed by atoms with Crippen LogP contribution in [0.15, 0.2) is 64.1 Å². The molecule has 0 radical (unpaired) electrons. The number of carbonyl (C=O) groups excluding carboxylic acids is 2. The molecule has 0 bridgehead atoms. The molecule has 0 unspecified atom stereocenters. The number of hydrogen-bond donors (Lipinski definition) is 2. The van der Waals surface area contributed by atoms with Gasteiger partial charge in [-0.05, 0) is 56.0 Å². The Morgan fingerprint density at radius 1 is 0.947 bits per heavy atom. The number of nitrogens with zero attached hydrogens (tertiary/aromatic N) is 2. The summed E-state index contributed by atoms with van der Waals surface area (Å²) < 4.78 is 11.4. The molecule has 2 amide bonds. The smallest absolute Gasteiger partial charge is 0.287 e. The number of hydrazone groups is 1. The molecule has 38 heavy (non-hydrogen) atoms. The molecule has 8 heteroatoms. The number of furan rings is 1. The van der Waals surface area contributed by atoms with Crippen LogP contribution in [0.25, 0.3) is 11.1 Å². The third kappa shape index (κ3) is 6.03. The lowest BCUT2D eigenvalue weighted by atomic mass is 9.93. The molecular weight excluding hydrogens is 480 g/mol. The molecule has 0 atom stereocenters. The minimum Gasteiger partial charge on any atom is -0.455 e. The number of nitrogens with one attached hydrogen (secondary N) is 2. The van der Waals surface area contributed by atoms with E-state index in [1.807, 2.05) is 49.4 Å². The van der Waals surface area contributed by atoms with Crippen LogP contribution in [-0.2, 0) is 11.2 Å². The van der Waals surface area contributed by atoms with Crippen LogP contribution in [0.3, 0.4) is 0 Å². The van der Waals surface area contributed by atoms with E-state index in [1.165, 1.54) is 0 Å². The molecule has 5 rings (SSSR count). The molecule has 1 aromatic heterocycles. The average Bonchev–Trinajstić information content (AvgIpc) is 3.32. The highest BCUT2D eigenvalue weighted by Crippen LogP contribution is 2.30. The third-order valence-electron chi connectivity index (χ3n) is 7.12. The second kappa shape index (κ2) is 12.2. The lowest BCUT2D eigenvalue weighted by molar-refractivity contribution is 0.0374. The predicted octanol–water partition coefficient (Wildman–Crippen LogP) is 4.18. The fourth-order valence-electron chi connectivity index (χ4n) is 5.03. The molecule has 1 fully saturated rings. The van der Waals surface area contributed by atoms with Crippen molar-refractivity contribution < 1.29 is 18.7 Å². The van der Waals surface area contributed by atoms with Gasteiger partial charge in [-0.15, -0.1) is 0 Å². The van der Waals surface area contributed by atoms with Gasteiger partial charge in [0.1, 0.15) is 5.76 Å². The molecule has 2 aromatic carbocycles. The molecule has 0 saturated carbocycles. The summed E-state index contributed by atoms with van der Waals surface area (Å²) in [5, 5.41) is 7.44. The number of morpholine rings is 1. The van der Waals surface area contributed by atoms with E-state index in [2.05, 4.69) is 20.7 Å². The Balaban J connectivity index is 1.20. The molecule has 3 aromatic rings. The van der Waals surface area contributed by atoms with Gasteiger partial charge in [0.05, 0.1) is 18.9 Å². The Bertz CT molecular complexity index is 1290. The minimum absolute atomic E-state index is 0.208. The van der Waals surface area contributed by atoms with Crippen LogP contribution < -0.4 is 10.7 Å². The van der Waals surface area contributed by atoms with Gasteiger partial charge in [0.25, 0.3) is 11.8 Å². The number of hydrogen-bond acceptors (Lipinski definition) is 6. The molecule has 2 heterocycles. The molecule has 0 spiro atoms. The van der Waals surface area contributed by atoms with Crippen LogP contribution in [0.4, 0.5) is 0 Å². The van der Waals surface area contributed by atoms with Gasteiger partial charge in [-0.25, -0.2) is 5.43 Å². The number of amides is 2. The Labute approximate surface area is 223 Å². The summed E-state index contributed by atoms with van der Waals surface area (Å²) in [5.41, 5.74) is 7.74. The van der Waals surface area contributed by atoms with Gasteiger partial charge in [0.15, 0.2) is 5.76 Å². The largest absolute Gasteiger partial charge is 0.455 e. The maximum absolute atomic E-state index is 12.9. The van der Waals surface area contributed by atoms with Gasteiger partial charge in [-0.3, -0.25) is 14.5 Å².